The van der Waals surface area contributed by atoms with Gasteiger partial charge in [-0.15, -0.1) is 10.2 Å². The molecule has 0 radical (unpaired) electrons. The van der Waals surface area contributed by atoms with Gasteiger partial charge < -0.3 is 10.3 Å². The van der Waals surface area contributed by atoms with Gasteiger partial charge in [0.25, 0.3) is 0 Å². The summed E-state index contributed by atoms with van der Waals surface area (Å²) in [6.45, 7) is 0. The number of nitrogens with one attached hydrogen (secondary N) is 3. The van der Waals surface area contributed by atoms with Crippen LogP contribution in [0.2, 0.25) is 0 Å². The lowest BCUT2D eigenvalue weighted by atomic mass is 9.87. The molecule has 5 rings (SSSR count). The Labute approximate surface area is 175 Å². The van der Waals surface area contributed by atoms with Crippen LogP contribution in [-0.4, -0.2) is 32.2 Å². The number of nitriles is 1. The van der Waals surface area contributed by atoms with E-state index in [0.717, 1.165) is 45.0 Å². The molecule has 29 heavy (non-hydrogen) atoms. The summed E-state index contributed by atoms with van der Waals surface area (Å²) in [7, 11) is 0. The minimum Gasteiger partial charge on any atom is -0.381 e. The van der Waals surface area contributed by atoms with Crippen molar-refractivity contribution in [3.05, 3.63) is 53.8 Å². The number of H-pyrrole nitrogens is 1. The summed E-state index contributed by atoms with van der Waals surface area (Å²) < 4.78 is 3.51. The van der Waals surface area contributed by atoms with Gasteiger partial charge in [-0.3, -0.25) is 4.72 Å². The maximum atomic E-state index is 9.02. The predicted octanol–water partition coefficient (Wildman–Crippen LogP) is 4.19. The highest BCUT2D eigenvalue weighted by atomic mass is 32.2. The molecule has 0 bridgehead atoms. The van der Waals surface area contributed by atoms with Crippen LogP contribution in [0.25, 0.3) is 21.6 Å². The molecule has 0 saturated heterocycles. The van der Waals surface area contributed by atoms with E-state index in [1.54, 1.807) is 17.5 Å². The zero-order valence-corrected chi connectivity index (χ0v) is 16.9. The Balaban J connectivity index is 1.26. The number of benzene rings is 1. The summed E-state index contributed by atoms with van der Waals surface area (Å²) in [4.78, 5) is 8.74. The van der Waals surface area contributed by atoms with E-state index < -0.39 is 0 Å². The van der Waals surface area contributed by atoms with Gasteiger partial charge in [-0.2, -0.15) is 5.26 Å². The molecule has 3 N–H and O–H groups in total. The fraction of sp³-hybridized carbons (Fsp3) is 0.200. The summed E-state index contributed by atoms with van der Waals surface area (Å²) in [6, 6.07) is 12.7. The van der Waals surface area contributed by atoms with Crippen LogP contribution in [0, 0.1) is 11.3 Å². The Morgan fingerprint density at radius 3 is 3.00 bits per heavy atom. The van der Waals surface area contributed by atoms with E-state index in [4.69, 9.17) is 5.26 Å². The van der Waals surface area contributed by atoms with Gasteiger partial charge >= 0.3 is 0 Å². The average molecular weight is 420 g/mol. The quantitative estimate of drug-likeness (QED) is 0.403. The van der Waals surface area contributed by atoms with Crippen LogP contribution in [0.3, 0.4) is 0 Å². The van der Waals surface area contributed by atoms with Crippen LogP contribution in [0.4, 0.5) is 5.69 Å². The number of aromatic amines is 1. The van der Waals surface area contributed by atoms with Crippen LogP contribution in [0.15, 0.2) is 53.1 Å². The lowest BCUT2D eigenvalue weighted by Crippen LogP contribution is -2.45. The molecular formula is C20H17N7S2. The number of aromatic nitrogens is 4. The first kappa shape index (κ1) is 18.1. The van der Waals surface area contributed by atoms with Crippen molar-refractivity contribution in [2.45, 2.75) is 29.8 Å². The molecule has 9 heteroatoms. The minimum atomic E-state index is 0.380. The molecule has 0 unspecified atom stereocenters. The molecule has 144 valence electrons. The van der Waals surface area contributed by atoms with E-state index in [1.807, 2.05) is 42.7 Å². The van der Waals surface area contributed by atoms with Gasteiger partial charge in [0.05, 0.1) is 22.9 Å². The maximum Gasteiger partial charge on any atom is 0.151 e. The molecule has 1 fully saturated rings. The monoisotopic (exact) mass is 419 g/mol. The molecule has 0 amide bonds. The molecule has 0 atom stereocenters. The highest BCUT2D eigenvalue weighted by Gasteiger charge is 2.30. The first-order valence-electron chi connectivity index (χ1n) is 9.22. The molecule has 3 heterocycles. The Hall–Kier alpha value is -2.93. The second-order valence-electron chi connectivity index (χ2n) is 6.90. The van der Waals surface area contributed by atoms with Gasteiger partial charge in [-0.25, -0.2) is 4.98 Å². The van der Waals surface area contributed by atoms with Crippen molar-refractivity contribution in [3.63, 3.8) is 0 Å². The highest BCUT2D eigenvalue weighted by molar-refractivity contribution is 7.97. The highest BCUT2D eigenvalue weighted by Crippen LogP contribution is 2.37. The normalized spacial score (nSPS) is 18.3. The average Bonchev–Trinajstić information content (AvgIpc) is 3.41. The van der Waals surface area contributed by atoms with E-state index >= 15 is 0 Å². The Morgan fingerprint density at radius 1 is 1.24 bits per heavy atom. The molecule has 4 aromatic rings. The number of pyridine rings is 1. The van der Waals surface area contributed by atoms with Gasteiger partial charge in [0.2, 0.25) is 0 Å². The molecule has 1 aliphatic rings. The maximum absolute atomic E-state index is 9.02. The fourth-order valence-electron chi connectivity index (χ4n) is 3.43. The molecule has 1 aromatic carbocycles. The van der Waals surface area contributed by atoms with Crippen LogP contribution in [0.1, 0.15) is 18.4 Å². The zero-order valence-electron chi connectivity index (χ0n) is 15.3. The van der Waals surface area contributed by atoms with Crippen molar-refractivity contribution in [2.24, 2.45) is 0 Å². The van der Waals surface area contributed by atoms with Gasteiger partial charge in [0, 0.05) is 34.8 Å². The molecule has 7 nitrogen and oxygen atoms in total. The lowest BCUT2D eigenvalue weighted by molar-refractivity contribution is 0.355. The van der Waals surface area contributed by atoms with Crippen LogP contribution in [0.5, 0.6) is 0 Å². The molecule has 1 saturated carbocycles. The van der Waals surface area contributed by atoms with Gasteiger partial charge in [0.1, 0.15) is 11.2 Å². The smallest absolute Gasteiger partial charge is 0.151 e. The molecule has 0 aliphatic heterocycles. The number of rotatable bonds is 6. The summed E-state index contributed by atoms with van der Waals surface area (Å²) >= 11 is 3.10. The third kappa shape index (κ3) is 3.70. The summed E-state index contributed by atoms with van der Waals surface area (Å²) in [5, 5.41) is 22.8. The molecule has 3 aromatic heterocycles. The molecule has 0 spiro atoms. The van der Waals surface area contributed by atoms with E-state index in [0.29, 0.717) is 17.6 Å². The van der Waals surface area contributed by atoms with Gasteiger partial charge in [-0.05, 0) is 49.1 Å². The van der Waals surface area contributed by atoms with Crippen molar-refractivity contribution in [2.75, 3.05) is 5.32 Å². The summed E-state index contributed by atoms with van der Waals surface area (Å²) in [6.07, 6.45) is 5.81. The fourth-order valence-corrected chi connectivity index (χ4v) is 4.83. The molecule has 1 aliphatic carbocycles. The minimum absolute atomic E-state index is 0.380. The number of anilines is 1. The van der Waals surface area contributed by atoms with Gasteiger partial charge in [-0.1, -0.05) is 17.4 Å². The van der Waals surface area contributed by atoms with Gasteiger partial charge in [0.15, 0.2) is 5.01 Å². The number of nitrogens with zero attached hydrogens (tertiary/aromatic N) is 4. The standard InChI is InChI=1S/C20H17N7S2/c21-9-12-2-1-3-15(6-12)29-27-14-7-13(8-14)25-18-16-4-5-22-19(16)23-10-17(18)20-26-24-11-28-20/h1-6,10-11,13-14,27H,7-8H2,(H2,22,23,25). The second-order valence-corrected chi connectivity index (χ2v) is 8.64. The summed E-state index contributed by atoms with van der Waals surface area (Å²) in [5.74, 6) is 0. The Bertz CT molecular complexity index is 1170. The van der Waals surface area contributed by atoms with Crippen molar-refractivity contribution in [3.8, 4) is 16.6 Å². The zero-order chi connectivity index (χ0) is 19.6. The third-order valence-electron chi connectivity index (χ3n) is 4.97. The Morgan fingerprint density at radius 2 is 2.17 bits per heavy atom. The van der Waals surface area contributed by atoms with Crippen molar-refractivity contribution in [1.29, 1.82) is 5.26 Å². The Kier molecular flexibility index (Phi) is 4.89. The van der Waals surface area contributed by atoms with Crippen molar-refractivity contribution < 1.29 is 0 Å². The summed E-state index contributed by atoms with van der Waals surface area (Å²) in [5.41, 5.74) is 5.33. The number of fused-ring (bicyclic) bond motifs is 1. The predicted molar refractivity (Wildman–Crippen MR) is 116 cm³/mol. The number of hydrogen-bond donors (Lipinski definition) is 3. The van der Waals surface area contributed by atoms with E-state index in [1.165, 1.54) is 11.3 Å². The number of hydrogen-bond acceptors (Lipinski definition) is 8. The van der Waals surface area contributed by atoms with Crippen molar-refractivity contribution >= 4 is 40.0 Å². The first-order chi connectivity index (χ1) is 14.3. The van der Waals surface area contributed by atoms with E-state index in [-0.39, 0.29) is 0 Å². The SMILES string of the molecule is N#Cc1cccc(SNC2CC(Nc3c(-c4nncs4)cnc4[nH]ccc34)C2)c1. The second kappa shape index (κ2) is 7.83. The van der Waals surface area contributed by atoms with Crippen LogP contribution in [-0.2, 0) is 0 Å². The van der Waals surface area contributed by atoms with Crippen LogP contribution < -0.4 is 10.0 Å². The third-order valence-corrected chi connectivity index (χ3v) is 6.64. The van der Waals surface area contributed by atoms with E-state index in [2.05, 4.69) is 36.3 Å². The topological polar surface area (TPSA) is 102 Å². The molecular weight excluding hydrogens is 402 g/mol. The lowest BCUT2D eigenvalue weighted by Gasteiger charge is -2.37. The first-order valence-corrected chi connectivity index (χ1v) is 10.9. The largest absolute Gasteiger partial charge is 0.381 e. The van der Waals surface area contributed by atoms with Crippen molar-refractivity contribution in [1.82, 2.24) is 24.9 Å². The van der Waals surface area contributed by atoms with Crippen LogP contribution >= 0.6 is 23.3 Å². The van der Waals surface area contributed by atoms with E-state index in [9.17, 15) is 0 Å².